The predicted molar refractivity (Wildman–Crippen MR) is 190 cm³/mol. The van der Waals surface area contributed by atoms with Gasteiger partial charge in [0.25, 0.3) is 0 Å². The highest BCUT2D eigenvalue weighted by molar-refractivity contribution is 5.69. The molecular formula is C40H76O4. The van der Waals surface area contributed by atoms with Crippen molar-refractivity contribution in [2.75, 3.05) is 0 Å². The van der Waals surface area contributed by atoms with E-state index < -0.39 is 5.97 Å². The van der Waals surface area contributed by atoms with E-state index in [0.29, 0.717) is 12.8 Å². The van der Waals surface area contributed by atoms with Gasteiger partial charge in [-0.1, -0.05) is 167 Å². The van der Waals surface area contributed by atoms with Crippen molar-refractivity contribution < 1.29 is 19.4 Å². The van der Waals surface area contributed by atoms with Gasteiger partial charge in [-0.3, -0.25) is 9.59 Å². The number of carbonyl (C=O) groups excluding carboxylic acids is 1. The number of hydrogen-bond acceptors (Lipinski definition) is 3. The van der Waals surface area contributed by atoms with Crippen molar-refractivity contribution in [1.82, 2.24) is 0 Å². The van der Waals surface area contributed by atoms with E-state index in [0.717, 1.165) is 38.5 Å². The van der Waals surface area contributed by atoms with Crippen LogP contribution in [-0.4, -0.2) is 23.1 Å². The van der Waals surface area contributed by atoms with Crippen LogP contribution in [0.15, 0.2) is 12.2 Å². The van der Waals surface area contributed by atoms with Crippen LogP contribution in [0.2, 0.25) is 0 Å². The second-order valence-corrected chi connectivity index (χ2v) is 13.4. The maximum Gasteiger partial charge on any atom is 0.306 e. The first-order chi connectivity index (χ1) is 21.6. The number of aliphatic carboxylic acids is 1. The zero-order chi connectivity index (χ0) is 32.2. The average molecular weight is 621 g/mol. The summed E-state index contributed by atoms with van der Waals surface area (Å²) in [4.78, 5) is 22.8. The van der Waals surface area contributed by atoms with E-state index in [2.05, 4.69) is 26.0 Å². The first kappa shape index (κ1) is 42.7. The first-order valence-corrected chi connectivity index (χ1v) is 19.7. The second kappa shape index (κ2) is 36.2. The third-order valence-electron chi connectivity index (χ3n) is 9.06. The minimum absolute atomic E-state index is 0.0181. The molecule has 0 aromatic carbocycles. The lowest BCUT2D eigenvalue weighted by Crippen LogP contribution is -2.17. The third-order valence-corrected chi connectivity index (χ3v) is 9.06. The van der Waals surface area contributed by atoms with E-state index in [1.165, 1.54) is 161 Å². The van der Waals surface area contributed by atoms with Crippen LogP contribution < -0.4 is 0 Å². The maximum absolute atomic E-state index is 12.3. The molecule has 260 valence electrons. The zero-order valence-electron chi connectivity index (χ0n) is 29.7. The minimum atomic E-state index is -0.661. The Morgan fingerprint density at radius 1 is 0.500 bits per heavy atom. The SMILES string of the molecule is CCCCCC/C=C\CCCCCCCC(=O)OC(CC)CCCCCCCCCCCCCCCCCCCCC(=O)O. The molecule has 0 bridgehead atoms. The smallest absolute Gasteiger partial charge is 0.306 e. The predicted octanol–water partition coefficient (Wildman–Crippen LogP) is 13.5. The van der Waals surface area contributed by atoms with Gasteiger partial charge < -0.3 is 9.84 Å². The highest BCUT2D eigenvalue weighted by Gasteiger charge is 2.12. The van der Waals surface area contributed by atoms with E-state index >= 15 is 0 Å². The molecule has 1 atom stereocenters. The van der Waals surface area contributed by atoms with Crippen LogP contribution in [0.25, 0.3) is 0 Å². The molecule has 0 saturated heterocycles. The molecule has 0 rings (SSSR count). The Bertz CT molecular complexity index is 629. The van der Waals surface area contributed by atoms with Gasteiger partial charge in [0.15, 0.2) is 0 Å². The van der Waals surface area contributed by atoms with Gasteiger partial charge in [-0.15, -0.1) is 0 Å². The van der Waals surface area contributed by atoms with Gasteiger partial charge in [-0.2, -0.15) is 0 Å². The molecule has 4 heteroatoms. The van der Waals surface area contributed by atoms with Gasteiger partial charge in [0, 0.05) is 12.8 Å². The fourth-order valence-electron chi connectivity index (χ4n) is 6.05. The summed E-state index contributed by atoms with van der Waals surface area (Å²) in [5.41, 5.74) is 0. The van der Waals surface area contributed by atoms with Crippen molar-refractivity contribution in [2.45, 2.75) is 232 Å². The minimum Gasteiger partial charge on any atom is -0.481 e. The molecule has 0 aliphatic heterocycles. The molecule has 0 spiro atoms. The van der Waals surface area contributed by atoms with Crippen LogP contribution in [0.4, 0.5) is 0 Å². The van der Waals surface area contributed by atoms with Crippen LogP contribution in [0.5, 0.6) is 0 Å². The molecule has 44 heavy (non-hydrogen) atoms. The number of rotatable bonds is 36. The standard InChI is InChI=1S/C40H76O4/c1-3-5-6-7-8-9-10-17-22-25-28-31-34-37-40(43)44-38(4-2)35-32-29-26-23-20-18-15-13-11-12-14-16-19-21-24-27-30-33-36-39(41)42/h9-10,38H,3-8,11-37H2,1-2H3,(H,41,42)/b10-9-. The summed E-state index contributed by atoms with van der Waals surface area (Å²) < 4.78 is 5.79. The van der Waals surface area contributed by atoms with Crippen LogP contribution >= 0.6 is 0 Å². The Hall–Kier alpha value is -1.32. The van der Waals surface area contributed by atoms with Crippen molar-refractivity contribution in [3.63, 3.8) is 0 Å². The molecule has 4 nitrogen and oxygen atoms in total. The fourth-order valence-corrected chi connectivity index (χ4v) is 6.05. The maximum atomic E-state index is 12.3. The van der Waals surface area contributed by atoms with E-state index in [4.69, 9.17) is 9.84 Å². The molecule has 0 aliphatic rings. The number of hydrogen-bond donors (Lipinski definition) is 1. The highest BCUT2D eigenvalue weighted by Crippen LogP contribution is 2.17. The Kier molecular flexibility index (Phi) is 35.1. The van der Waals surface area contributed by atoms with Crippen LogP contribution in [0, 0.1) is 0 Å². The van der Waals surface area contributed by atoms with Crippen LogP contribution in [0.3, 0.4) is 0 Å². The Balaban J connectivity index is 3.39. The number of carboxylic acids is 1. The van der Waals surface area contributed by atoms with Crippen molar-refractivity contribution in [3.8, 4) is 0 Å². The summed E-state index contributed by atoms with van der Waals surface area (Å²) in [6, 6.07) is 0. The Labute approximate surface area is 275 Å². The van der Waals surface area contributed by atoms with Crippen LogP contribution in [-0.2, 0) is 14.3 Å². The number of carbonyl (C=O) groups is 2. The highest BCUT2D eigenvalue weighted by atomic mass is 16.5. The molecule has 0 aromatic heterocycles. The largest absolute Gasteiger partial charge is 0.481 e. The van der Waals surface area contributed by atoms with Gasteiger partial charge in [0.1, 0.15) is 6.10 Å². The lowest BCUT2D eigenvalue weighted by atomic mass is 10.0. The quantitative estimate of drug-likeness (QED) is 0.0430. The summed E-state index contributed by atoms with van der Waals surface area (Å²) in [5.74, 6) is -0.642. The molecule has 1 unspecified atom stereocenters. The molecule has 1 N–H and O–H groups in total. The summed E-state index contributed by atoms with van der Waals surface area (Å²) in [7, 11) is 0. The molecule has 0 radical (unpaired) electrons. The lowest BCUT2D eigenvalue weighted by Gasteiger charge is -2.16. The molecule has 0 heterocycles. The topological polar surface area (TPSA) is 63.6 Å². The van der Waals surface area contributed by atoms with Gasteiger partial charge in [0.2, 0.25) is 0 Å². The van der Waals surface area contributed by atoms with Gasteiger partial charge in [-0.05, 0) is 57.8 Å². The number of ether oxygens (including phenoxy) is 1. The average Bonchev–Trinajstić information content (AvgIpc) is 3.01. The van der Waals surface area contributed by atoms with Crippen molar-refractivity contribution in [1.29, 1.82) is 0 Å². The first-order valence-electron chi connectivity index (χ1n) is 19.7. The van der Waals surface area contributed by atoms with Gasteiger partial charge in [0.05, 0.1) is 0 Å². The molecular weight excluding hydrogens is 544 g/mol. The Morgan fingerprint density at radius 3 is 1.27 bits per heavy atom. The summed E-state index contributed by atoms with van der Waals surface area (Å²) in [6.45, 7) is 4.41. The summed E-state index contributed by atoms with van der Waals surface area (Å²) in [6.07, 6.45) is 44.7. The molecule has 0 aliphatic carbocycles. The molecule has 0 amide bonds. The van der Waals surface area contributed by atoms with Crippen molar-refractivity contribution in [3.05, 3.63) is 12.2 Å². The number of unbranched alkanes of at least 4 members (excludes halogenated alkanes) is 26. The van der Waals surface area contributed by atoms with Crippen LogP contribution in [0.1, 0.15) is 226 Å². The molecule has 0 saturated carbocycles. The van der Waals surface area contributed by atoms with Gasteiger partial charge in [-0.25, -0.2) is 0 Å². The van der Waals surface area contributed by atoms with E-state index in [1.807, 2.05) is 0 Å². The van der Waals surface area contributed by atoms with Crippen molar-refractivity contribution in [2.24, 2.45) is 0 Å². The second-order valence-electron chi connectivity index (χ2n) is 13.4. The summed E-state index contributed by atoms with van der Waals surface area (Å²) in [5, 5.41) is 8.65. The third kappa shape index (κ3) is 35.2. The monoisotopic (exact) mass is 621 g/mol. The molecule has 0 fully saturated rings. The molecule has 0 aromatic rings. The van der Waals surface area contributed by atoms with Crippen molar-refractivity contribution >= 4 is 11.9 Å². The lowest BCUT2D eigenvalue weighted by molar-refractivity contribution is -0.149. The van der Waals surface area contributed by atoms with E-state index in [9.17, 15) is 9.59 Å². The Morgan fingerprint density at radius 2 is 0.864 bits per heavy atom. The number of allylic oxidation sites excluding steroid dienone is 2. The van der Waals surface area contributed by atoms with E-state index in [1.54, 1.807) is 0 Å². The normalized spacial score (nSPS) is 12.2. The van der Waals surface area contributed by atoms with E-state index in [-0.39, 0.29) is 12.1 Å². The fraction of sp³-hybridized carbons (Fsp3) is 0.900. The number of esters is 1. The zero-order valence-corrected chi connectivity index (χ0v) is 29.7. The summed E-state index contributed by atoms with van der Waals surface area (Å²) >= 11 is 0. The number of carboxylic acid groups (broad SMARTS) is 1. The van der Waals surface area contributed by atoms with Gasteiger partial charge >= 0.3 is 11.9 Å².